The molecule has 1 rings (SSSR count). The molecule has 0 heterocycles. The van der Waals surface area contributed by atoms with Crippen LogP contribution in [0.3, 0.4) is 0 Å². The molecule has 4 nitrogen and oxygen atoms in total. The van der Waals surface area contributed by atoms with Crippen LogP contribution in [0.15, 0.2) is 29.3 Å². The van der Waals surface area contributed by atoms with Crippen LogP contribution in [-0.4, -0.2) is 38.0 Å². The lowest BCUT2D eigenvalue weighted by molar-refractivity contribution is 0.345. The summed E-state index contributed by atoms with van der Waals surface area (Å²) in [6.07, 6.45) is 3.69. The van der Waals surface area contributed by atoms with E-state index in [2.05, 4.69) is 65.7 Å². The highest BCUT2D eigenvalue weighted by molar-refractivity contribution is 14.0. The van der Waals surface area contributed by atoms with Gasteiger partial charge in [0.25, 0.3) is 0 Å². The molecule has 0 aromatic heterocycles. The Morgan fingerprint density at radius 3 is 2.52 bits per heavy atom. The van der Waals surface area contributed by atoms with Crippen LogP contribution in [0.4, 0.5) is 0 Å². The van der Waals surface area contributed by atoms with Crippen molar-refractivity contribution in [3.63, 3.8) is 0 Å². The van der Waals surface area contributed by atoms with Crippen LogP contribution in [0, 0.1) is 0 Å². The summed E-state index contributed by atoms with van der Waals surface area (Å²) >= 11 is 0. The van der Waals surface area contributed by atoms with Crippen LogP contribution in [0.2, 0.25) is 0 Å². The minimum absolute atomic E-state index is 0. The Labute approximate surface area is 159 Å². The van der Waals surface area contributed by atoms with E-state index in [1.165, 1.54) is 30.4 Å². The summed E-state index contributed by atoms with van der Waals surface area (Å²) in [5, 5.41) is 6.74. The number of guanidine groups is 1. The van der Waals surface area contributed by atoms with Gasteiger partial charge < -0.3 is 15.5 Å². The van der Waals surface area contributed by atoms with Crippen molar-refractivity contribution in [3.8, 4) is 0 Å². The summed E-state index contributed by atoms with van der Waals surface area (Å²) in [7, 11) is 3.97. The summed E-state index contributed by atoms with van der Waals surface area (Å²) in [5.41, 5.74) is 2.65. The maximum atomic E-state index is 4.27. The van der Waals surface area contributed by atoms with Gasteiger partial charge in [-0.05, 0) is 31.1 Å². The highest BCUT2D eigenvalue weighted by atomic mass is 127. The molecule has 5 heteroatoms. The summed E-state index contributed by atoms with van der Waals surface area (Å²) in [6, 6.07) is 8.75. The lowest BCUT2D eigenvalue weighted by atomic mass is 10.1. The molecule has 0 unspecified atom stereocenters. The fourth-order valence-electron chi connectivity index (χ4n) is 2.25. The minimum Gasteiger partial charge on any atom is -0.356 e. The van der Waals surface area contributed by atoms with Gasteiger partial charge in [0.1, 0.15) is 0 Å². The second kappa shape index (κ2) is 13.6. The Morgan fingerprint density at radius 2 is 1.87 bits per heavy atom. The van der Waals surface area contributed by atoms with Crippen LogP contribution < -0.4 is 10.6 Å². The third kappa shape index (κ3) is 9.81. The summed E-state index contributed by atoms with van der Waals surface area (Å²) in [5.74, 6) is 0.882. The van der Waals surface area contributed by atoms with E-state index in [1.807, 2.05) is 7.05 Å². The van der Waals surface area contributed by atoms with Crippen LogP contribution in [0.25, 0.3) is 0 Å². The Kier molecular flexibility index (Phi) is 13.1. The first kappa shape index (κ1) is 22.2. The molecular weight excluding hydrogens is 399 g/mol. The molecule has 23 heavy (non-hydrogen) atoms. The first-order valence-electron chi connectivity index (χ1n) is 8.40. The number of hydrogen-bond donors (Lipinski definition) is 2. The number of hydrogen-bond acceptors (Lipinski definition) is 2. The average Bonchev–Trinajstić information content (AvgIpc) is 2.54. The number of aliphatic imine (C=N–C) groups is 1. The monoisotopic (exact) mass is 432 g/mol. The fraction of sp³-hybridized carbons (Fsp3) is 0.611. The lowest BCUT2D eigenvalue weighted by Crippen LogP contribution is -2.37. The zero-order valence-corrected chi connectivity index (χ0v) is 17.4. The lowest BCUT2D eigenvalue weighted by Gasteiger charge is -2.15. The second-order valence-corrected chi connectivity index (χ2v) is 5.71. The van der Waals surface area contributed by atoms with E-state index in [0.717, 1.165) is 32.1 Å². The molecule has 0 aliphatic rings. The zero-order chi connectivity index (χ0) is 16.2. The Bertz CT molecular complexity index is 448. The van der Waals surface area contributed by atoms with Gasteiger partial charge >= 0.3 is 0 Å². The van der Waals surface area contributed by atoms with E-state index in [9.17, 15) is 0 Å². The van der Waals surface area contributed by atoms with E-state index < -0.39 is 0 Å². The van der Waals surface area contributed by atoms with Crippen molar-refractivity contribution in [2.45, 2.75) is 46.2 Å². The van der Waals surface area contributed by atoms with Gasteiger partial charge in [-0.15, -0.1) is 24.0 Å². The molecule has 1 aromatic carbocycles. The Balaban J connectivity index is 0.00000484. The fourth-order valence-corrected chi connectivity index (χ4v) is 2.25. The van der Waals surface area contributed by atoms with Gasteiger partial charge in [-0.25, -0.2) is 0 Å². The molecule has 0 aliphatic heterocycles. The van der Waals surface area contributed by atoms with Crippen molar-refractivity contribution in [2.75, 3.05) is 27.2 Å². The highest BCUT2D eigenvalue weighted by Gasteiger charge is 2.01. The maximum absolute atomic E-state index is 4.27. The molecule has 0 spiro atoms. The number of nitrogens with zero attached hydrogens (tertiary/aromatic N) is 2. The number of halogens is 1. The molecule has 0 saturated carbocycles. The van der Waals surface area contributed by atoms with Crippen molar-refractivity contribution in [2.24, 2.45) is 4.99 Å². The Morgan fingerprint density at radius 1 is 1.13 bits per heavy atom. The zero-order valence-electron chi connectivity index (χ0n) is 15.1. The van der Waals surface area contributed by atoms with E-state index in [4.69, 9.17) is 0 Å². The smallest absolute Gasteiger partial charge is 0.191 e. The molecule has 0 atom stereocenters. The first-order chi connectivity index (χ1) is 10.7. The minimum atomic E-state index is 0. The van der Waals surface area contributed by atoms with Gasteiger partial charge in [-0.1, -0.05) is 51.0 Å². The van der Waals surface area contributed by atoms with E-state index >= 15 is 0 Å². The SMILES string of the molecule is CCCCCNC(=NC)NCc1cccc(CN(C)CC)c1.I. The standard InChI is InChI=1S/C18H32N4.HI/c1-5-7-8-12-20-18(19-3)21-14-16-10-9-11-17(13-16)15-22(4)6-2;/h9-11,13H,5-8,12,14-15H2,1-4H3,(H2,19,20,21);1H. The van der Waals surface area contributed by atoms with Crippen molar-refractivity contribution in [3.05, 3.63) is 35.4 Å². The molecule has 0 aliphatic carbocycles. The summed E-state index contributed by atoms with van der Waals surface area (Å²) < 4.78 is 0. The van der Waals surface area contributed by atoms with Crippen molar-refractivity contribution >= 4 is 29.9 Å². The molecule has 0 radical (unpaired) electrons. The summed E-state index contributed by atoms with van der Waals surface area (Å²) in [6.45, 7) is 8.24. The third-order valence-electron chi connectivity index (χ3n) is 3.74. The number of unbranched alkanes of at least 4 members (excludes halogenated alkanes) is 2. The van der Waals surface area contributed by atoms with E-state index in [0.29, 0.717) is 0 Å². The van der Waals surface area contributed by atoms with Crippen LogP contribution in [-0.2, 0) is 13.1 Å². The highest BCUT2D eigenvalue weighted by Crippen LogP contribution is 2.07. The van der Waals surface area contributed by atoms with Gasteiger partial charge in [0.15, 0.2) is 5.96 Å². The van der Waals surface area contributed by atoms with Gasteiger partial charge in [-0.3, -0.25) is 4.99 Å². The van der Waals surface area contributed by atoms with Gasteiger partial charge in [0.2, 0.25) is 0 Å². The molecule has 0 saturated heterocycles. The first-order valence-corrected chi connectivity index (χ1v) is 8.40. The molecule has 0 amide bonds. The normalized spacial score (nSPS) is 11.3. The molecule has 0 fully saturated rings. The Hall–Kier alpha value is -0.820. The predicted octanol–water partition coefficient (Wildman–Crippen LogP) is 3.61. The van der Waals surface area contributed by atoms with Crippen molar-refractivity contribution in [1.82, 2.24) is 15.5 Å². The van der Waals surface area contributed by atoms with Gasteiger partial charge in [0.05, 0.1) is 0 Å². The van der Waals surface area contributed by atoms with Crippen molar-refractivity contribution in [1.29, 1.82) is 0 Å². The van der Waals surface area contributed by atoms with E-state index in [-0.39, 0.29) is 24.0 Å². The third-order valence-corrected chi connectivity index (χ3v) is 3.74. The molecule has 132 valence electrons. The molecular formula is C18H33IN4. The maximum Gasteiger partial charge on any atom is 0.191 e. The van der Waals surface area contributed by atoms with Crippen LogP contribution in [0.1, 0.15) is 44.2 Å². The molecule has 1 aromatic rings. The molecule has 0 bridgehead atoms. The topological polar surface area (TPSA) is 39.7 Å². The predicted molar refractivity (Wildman–Crippen MR) is 112 cm³/mol. The number of benzene rings is 1. The van der Waals surface area contributed by atoms with Crippen LogP contribution in [0.5, 0.6) is 0 Å². The summed E-state index contributed by atoms with van der Waals surface area (Å²) in [4.78, 5) is 6.58. The molecule has 2 N–H and O–H groups in total. The largest absolute Gasteiger partial charge is 0.356 e. The van der Waals surface area contributed by atoms with Gasteiger partial charge in [-0.2, -0.15) is 0 Å². The van der Waals surface area contributed by atoms with Crippen LogP contribution >= 0.6 is 24.0 Å². The number of nitrogens with one attached hydrogen (secondary N) is 2. The van der Waals surface area contributed by atoms with Crippen molar-refractivity contribution < 1.29 is 0 Å². The van der Waals surface area contributed by atoms with E-state index in [1.54, 1.807) is 0 Å². The second-order valence-electron chi connectivity index (χ2n) is 5.71. The van der Waals surface area contributed by atoms with Gasteiger partial charge in [0, 0.05) is 26.7 Å². The average molecular weight is 432 g/mol. The quantitative estimate of drug-likeness (QED) is 0.271. The number of rotatable bonds is 9.